The topological polar surface area (TPSA) is 17.8 Å². The van der Waals surface area contributed by atoms with E-state index in [1.165, 1.54) is 12.1 Å². The lowest BCUT2D eigenvalue weighted by molar-refractivity contribution is 0.627. The summed E-state index contributed by atoms with van der Waals surface area (Å²) in [7, 11) is 0. The van der Waals surface area contributed by atoms with Gasteiger partial charge in [0.15, 0.2) is 0 Å². The fourth-order valence-corrected chi connectivity index (χ4v) is 1.18. The van der Waals surface area contributed by atoms with E-state index in [1.54, 1.807) is 29.4 Å². The van der Waals surface area contributed by atoms with E-state index in [0.29, 0.717) is 5.69 Å². The number of imidazole rings is 1. The number of aromatic nitrogens is 2. The number of hydrogen-bond donors (Lipinski definition) is 0. The number of nitrogens with zero attached hydrogens (tertiary/aromatic N) is 2. The Bertz CT molecular complexity index is 412. The first-order chi connectivity index (χ1) is 6.27. The van der Waals surface area contributed by atoms with Crippen molar-refractivity contribution in [2.24, 2.45) is 0 Å². The van der Waals surface area contributed by atoms with Crippen molar-refractivity contribution in [3.8, 4) is 5.69 Å². The van der Waals surface area contributed by atoms with E-state index >= 15 is 0 Å². The van der Waals surface area contributed by atoms with Crippen LogP contribution in [-0.4, -0.2) is 9.55 Å². The Kier molecular flexibility index (Phi) is 2.02. The maximum atomic E-state index is 13.0. The van der Waals surface area contributed by atoms with Gasteiger partial charge < -0.3 is 4.57 Å². The first kappa shape index (κ1) is 8.26. The Morgan fingerprint density at radius 1 is 1.38 bits per heavy atom. The van der Waals surface area contributed by atoms with Crippen LogP contribution in [0.15, 0.2) is 36.9 Å². The molecule has 0 bridgehead atoms. The maximum absolute atomic E-state index is 13.0. The van der Waals surface area contributed by atoms with E-state index in [1.807, 2.05) is 0 Å². The lowest BCUT2D eigenvalue weighted by Crippen LogP contribution is -1.90. The third-order valence-corrected chi connectivity index (χ3v) is 2.01. The van der Waals surface area contributed by atoms with Crippen LogP contribution in [-0.2, 0) is 0 Å². The molecule has 0 aliphatic rings. The number of rotatable bonds is 1. The Hall–Kier alpha value is -1.35. The van der Waals surface area contributed by atoms with Crippen LogP contribution in [0, 0.1) is 5.82 Å². The second-order valence-electron chi connectivity index (χ2n) is 2.57. The van der Waals surface area contributed by atoms with E-state index in [-0.39, 0.29) is 5.02 Å². The van der Waals surface area contributed by atoms with Gasteiger partial charge in [0.1, 0.15) is 5.82 Å². The average molecular weight is 197 g/mol. The molecule has 1 aromatic heterocycles. The Labute approximate surface area is 79.6 Å². The van der Waals surface area contributed by atoms with E-state index in [2.05, 4.69) is 4.98 Å². The fourth-order valence-electron chi connectivity index (χ4n) is 1.06. The largest absolute Gasteiger partial charge is 0.306 e. The Morgan fingerprint density at radius 3 is 2.85 bits per heavy atom. The molecule has 0 aliphatic carbocycles. The maximum Gasteiger partial charge on any atom is 0.143 e. The highest BCUT2D eigenvalue weighted by molar-refractivity contribution is 6.30. The standard InChI is InChI=1S/C9H6ClFN2/c10-8-2-1-7(5-9(8)11)13-4-3-12-6-13/h1-6H. The summed E-state index contributed by atoms with van der Waals surface area (Å²) >= 11 is 5.54. The summed E-state index contributed by atoms with van der Waals surface area (Å²) in [6.07, 6.45) is 4.97. The van der Waals surface area contributed by atoms with Crippen molar-refractivity contribution >= 4 is 11.6 Å². The smallest absolute Gasteiger partial charge is 0.143 e. The van der Waals surface area contributed by atoms with Crippen molar-refractivity contribution in [3.05, 3.63) is 47.8 Å². The van der Waals surface area contributed by atoms with Gasteiger partial charge >= 0.3 is 0 Å². The summed E-state index contributed by atoms with van der Waals surface area (Å²) in [4.78, 5) is 3.86. The lowest BCUT2D eigenvalue weighted by Gasteiger charge is -2.01. The van der Waals surface area contributed by atoms with Gasteiger partial charge in [0.25, 0.3) is 0 Å². The molecule has 0 spiro atoms. The molecule has 1 heterocycles. The first-order valence-corrected chi connectivity index (χ1v) is 4.08. The zero-order valence-corrected chi connectivity index (χ0v) is 7.37. The van der Waals surface area contributed by atoms with Gasteiger partial charge in [-0.2, -0.15) is 0 Å². The molecule has 1 aromatic carbocycles. The highest BCUT2D eigenvalue weighted by Crippen LogP contribution is 2.17. The summed E-state index contributed by atoms with van der Waals surface area (Å²) in [5.74, 6) is -0.423. The second kappa shape index (κ2) is 3.18. The lowest BCUT2D eigenvalue weighted by atomic mass is 10.3. The van der Waals surface area contributed by atoms with Crippen molar-refractivity contribution in [1.82, 2.24) is 9.55 Å². The molecule has 0 saturated carbocycles. The molecule has 2 aromatic rings. The van der Waals surface area contributed by atoms with Gasteiger partial charge in [-0.05, 0) is 18.2 Å². The quantitative estimate of drug-likeness (QED) is 0.686. The fraction of sp³-hybridized carbons (Fsp3) is 0. The van der Waals surface area contributed by atoms with E-state index in [9.17, 15) is 4.39 Å². The van der Waals surface area contributed by atoms with Crippen molar-refractivity contribution in [2.45, 2.75) is 0 Å². The molecule has 0 amide bonds. The zero-order valence-electron chi connectivity index (χ0n) is 6.61. The highest BCUT2D eigenvalue weighted by atomic mass is 35.5. The van der Waals surface area contributed by atoms with Crippen LogP contribution in [0.25, 0.3) is 5.69 Å². The van der Waals surface area contributed by atoms with Gasteiger partial charge in [-0.3, -0.25) is 0 Å². The molecule has 4 heteroatoms. The molecule has 0 unspecified atom stereocenters. The van der Waals surface area contributed by atoms with Crippen LogP contribution in [0.5, 0.6) is 0 Å². The third-order valence-electron chi connectivity index (χ3n) is 1.71. The van der Waals surface area contributed by atoms with E-state index in [4.69, 9.17) is 11.6 Å². The van der Waals surface area contributed by atoms with Crippen molar-refractivity contribution in [1.29, 1.82) is 0 Å². The third kappa shape index (κ3) is 1.55. The summed E-state index contributed by atoms with van der Waals surface area (Å²) in [6.45, 7) is 0. The summed E-state index contributed by atoms with van der Waals surface area (Å²) in [6, 6.07) is 4.61. The van der Waals surface area contributed by atoms with Gasteiger partial charge in [-0.1, -0.05) is 11.6 Å². The number of halogens is 2. The molecule has 0 N–H and O–H groups in total. The van der Waals surface area contributed by atoms with Crippen LogP contribution >= 0.6 is 11.6 Å². The van der Waals surface area contributed by atoms with Gasteiger partial charge in [0.05, 0.1) is 11.3 Å². The van der Waals surface area contributed by atoms with Crippen LogP contribution in [0.4, 0.5) is 4.39 Å². The average Bonchev–Trinajstić information content (AvgIpc) is 2.62. The van der Waals surface area contributed by atoms with Crippen LogP contribution in [0.2, 0.25) is 5.02 Å². The first-order valence-electron chi connectivity index (χ1n) is 3.71. The minimum absolute atomic E-state index is 0.129. The Balaban J connectivity index is 2.49. The molecule has 0 saturated heterocycles. The normalized spacial score (nSPS) is 10.3. The van der Waals surface area contributed by atoms with Crippen molar-refractivity contribution in [3.63, 3.8) is 0 Å². The molecule has 2 nitrogen and oxygen atoms in total. The summed E-state index contributed by atoms with van der Waals surface area (Å²) < 4.78 is 14.7. The molecular weight excluding hydrogens is 191 g/mol. The molecule has 0 radical (unpaired) electrons. The monoisotopic (exact) mass is 196 g/mol. The molecule has 13 heavy (non-hydrogen) atoms. The van der Waals surface area contributed by atoms with E-state index < -0.39 is 5.82 Å². The van der Waals surface area contributed by atoms with Gasteiger partial charge in [-0.25, -0.2) is 9.37 Å². The predicted octanol–water partition coefficient (Wildman–Crippen LogP) is 2.66. The molecule has 0 aliphatic heterocycles. The van der Waals surface area contributed by atoms with E-state index in [0.717, 1.165) is 0 Å². The SMILES string of the molecule is Fc1cc(-n2ccnc2)ccc1Cl. The number of hydrogen-bond acceptors (Lipinski definition) is 1. The number of benzene rings is 1. The minimum atomic E-state index is -0.423. The molecule has 2 rings (SSSR count). The minimum Gasteiger partial charge on any atom is -0.306 e. The van der Waals surface area contributed by atoms with Crippen LogP contribution in [0.3, 0.4) is 0 Å². The van der Waals surface area contributed by atoms with Gasteiger partial charge in [0, 0.05) is 18.1 Å². The van der Waals surface area contributed by atoms with Gasteiger partial charge in [-0.15, -0.1) is 0 Å². The van der Waals surface area contributed by atoms with Gasteiger partial charge in [0.2, 0.25) is 0 Å². The summed E-state index contributed by atoms with van der Waals surface area (Å²) in [5, 5.41) is 0.129. The molecule has 0 atom stereocenters. The molecule has 0 fully saturated rings. The molecular formula is C9H6ClFN2. The Morgan fingerprint density at radius 2 is 2.23 bits per heavy atom. The zero-order chi connectivity index (χ0) is 9.26. The highest BCUT2D eigenvalue weighted by Gasteiger charge is 2.01. The van der Waals surface area contributed by atoms with Crippen LogP contribution < -0.4 is 0 Å². The second-order valence-corrected chi connectivity index (χ2v) is 2.98. The van der Waals surface area contributed by atoms with Crippen LogP contribution in [0.1, 0.15) is 0 Å². The summed E-state index contributed by atoms with van der Waals surface area (Å²) in [5.41, 5.74) is 0.708. The van der Waals surface area contributed by atoms with Crippen molar-refractivity contribution in [2.75, 3.05) is 0 Å². The van der Waals surface area contributed by atoms with Crippen molar-refractivity contribution < 1.29 is 4.39 Å². The molecule has 66 valence electrons. The predicted molar refractivity (Wildman–Crippen MR) is 48.5 cm³/mol.